The van der Waals surface area contributed by atoms with Gasteiger partial charge in [0.05, 0.1) is 11.3 Å². The van der Waals surface area contributed by atoms with Gasteiger partial charge < -0.3 is 4.52 Å². The van der Waals surface area contributed by atoms with Crippen molar-refractivity contribution in [2.45, 2.75) is 23.5 Å². The highest BCUT2D eigenvalue weighted by Gasteiger charge is 2.53. The molecule has 1 saturated carbocycles. The Kier molecular flexibility index (Phi) is 5.17. The molecule has 1 heterocycles. The molecule has 0 spiro atoms. The Morgan fingerprint density at radius 3 is 2.52 bits per heavy atom. The second-order valence-corrected chi connectivity index (χ2v) is 9.39. The van der Waals surface area contributed by atoms with Gasteiger partial charge in [0.2, 0.25) is 15.8 Å². The fourth-order valence-corrected chi connectivity index (χ4v) is 4.41. The average Bonchev–Trinajstić information content (AvgIpc) is 2.95. The molecule has 0 radical (unpaired) electrons. The molecule has 13 heteroatoms. The van der Waals surface area contributed by atoms with Gasteiger partial charge in [-0.3, -0.25) is 0 Å². The maximum absolute atomic E-state index is 14.2. The van der Waals surface area contributed by atoms with Crippen molar-refractivity contribution in [3.8, 4) is 11.4 Å². The third-order valence-corrected chi connectivity index (χ3v) is 6.17. The van der Waals surface area contributed by atoms with Crippen molar-refractivity contribution in [2.75, 3.05) is 5.75 Å². The van der Waals surface area contributed by atoms with Gasteiger partial charge in [-0.05, 0) is 24.1 Å². The molecule has 1 aromatic heterocycles. The van der Waals surface area contributed by atoms with E-state index in [0.29, 0.717) is 6.42 Å². The van der Waals surface area contributed by atoms with Gasteiger partial charge in [0, 0.05) is 12.5 Å². The molecule has 6 nitrogen and oxygen atoms in total. The summed E-state index contributed by atoms with van der Waals surface area (Å²) in [6, 6.07) is 3.43. The summed E-state index contributed by atoms with van der Waals surface area (Å²) in [5.74, 6) is -3.73. The van der Waals surface area contributed by atoms with E-state index in [1.165, 1.54) is 6.07 Å². The number of alkyl halides is 5. The molecule has 0 aliphatic heterocycles. The zero-order chi connectivity index (χ0) is 20.0. The molecule has 1 aromatic carbocycles. The number of aromatic nitrogens is 2. The zero-order valence-electron chi connectivity index (χ0n) is 13.2. The minimum Gasteiger partial charge on any atom is -0.329 e. The molecule has 1 aliphatic rings. The molecular formula is C14H11Cl2F4N3O3S. The van der Waals surface area contributed by atoms with Crippen LogP contribution in [0.5, 0.6) is 0 Å². The first-order valence-electron chi connectivity index (χ1n) is 7.42. The Labute approximate surface area is 160 Å². The van der Waals surface area contributed by atoms with Crippen LogP contribution in [-0.2, 0) is 22.7 Å². The zero-order valence-corrected chi connectivity index (χ0v) is 15.6. The Morgan fingerprint density at radius 2 is 2.00 bits per heavy atom. The second-order valence-electron chi connectivity index (χ2n) is 6.00. The van der Waals surface area contributed by atoms with E-state index in [2.05, 4.69) is 19.4 Å². The van der Waals surface area contributed by atoms with Crippen LogP contribution in [0.3, 0.4) is 0 Å². The molecule has 2 aromatic rings. The van der Waals surface area contributed by atoms with Crippen LogP contribution in [0, 0.1) is 11.7 Å². The van der Waals surface area contributed by atoms with E-state index in [1.807, 2.05) is 0 Å². The highest BCUT2D eigenvalue weighted by molar-refractivity contribution is 7.89. The number of hydrogen-bond donors (Lipinski definition) is 1. The van der Waals surface area contributed by atoms with Gasteiger partial charge in [0.15, 0.2) is 0 Å². The molecule has 1 unspecified atom stereocenters. The predicted octanol–water partition coefficient (Wildman–Crippen LogP) is 3.51. The van der Waals surface area contributed by atoms with Crippen LogP contribution in [0.4, 0.5) is 17.6 Å². The molecule has 0 saturated heterocycles. The van der Waals surface area contributed by atoms with Gasteiger partial charge in [0.1, 0.15) is 10.2 Å². The van der Waals surface area contributed by atoms with Crippen molar-refractivity contribution in [1.82, 2.24) is 14.9 Å². The third kappa shape index (κ3) is 4.89. The first-order valence-corrected chi connectivity index (χ1v) is 9.83. The summed E-state index contributed by atoms with van der Waals surface area (Å²) in [7, 11) is -3.68. The summed E-state index contributed by atoms with van der Waals surface area (Å²) in [4.78, 5) is 3.10. The van der Waals surface area contributed by atoms with Gasteiger partial charge in [-0.2, -0.15) is 18.2 Å². The summed E-state index contributed by atoms with van der Waals surface area (Å²) < 4.78 is 80.8. The number of hydrogen-bond acceptors (Lipinski definition) is 5. The van der Waals surface area contributed by atoms with Crippen molar-refractivity contribution < 1.29 is 30.5 Å². The largest absolute Gasteiger partial charge is 0.471 e. The van der Waals surface area contributed by atoms with E-state index < -0.39 is 38.1 Å². The second kappa shape index (κ2) is 6.87. The van der Waals surface area contributed by atoms with Crippen LogP contribution in [0.2, 0.25) is 0 Å². The van der Waals surface area contributed by atoms with Gasteiger partial charge in [0.25, 0.3) is 0 Å². The molecule has 1 N–H and O–H groups in total. The van der Waals surface area contributed by atoms with E-state index in [9.17, 15) is 26.0 Å². The van der Waals surface area contributed by atoms with Crippen molar-refractivity contribution >= 4 is 33.2 Å². The first kappa shape index (κ1) is 20.3. The highest BCUT2D eigenvalue weighted by Crippen LogP contribution is 2.53. The van der Waals surface area contributed by atoms with E-state index >= 15 is 0 Å². The number of rotatable bonds is 6. The molecule has 1 fully saturated rings. The topological polar surface area (TPSA) is 85.1 Å². The number of halogens is 6. The van der Waals surface area contributed by atoms with Gasteiger partial charge in [-0.25, -0.2) is 17.5 Å². The Hall–Kier alpha value is -1.43. The Bertz CT molecular complexity index is 963. The summed E-state index contributed by atoms with van der Waals surface area (Å²) in [5.41, 5.74) is -0.0638. The number of nitrogens with one attached hydrogen (secondary N) is 1. The van der Waals surface area contributed by atoms with Gasteiger partial charge in [-0.15, -0.1) is 23.2 Å². The molecule has 1 aliphatic carbocycles. The number of benzene rings is 1. The van der Waals surface area contributed by atoms with Crippen LogP contribution in [-0.4, -0.2) is 28.6 Å². The van der Waals surface area contributed by atoms with E-state index in [1.54, 1.807) is 0 Å². The minimum absolute atomic E-state index is 0.218. The van der Waals surface area contributed by atoms with Crippen molar-refractivity contribution in [3.63, 3.8) is 0 Å². The van der Waals surface area contributed by atoms with Crippen LogP contribution in [0.25, 0.3) is 11.4 Å². The van der Waals surface area contributed by atoms with Crippen LogP contribution < -0.4 is 4.72 Å². The number of sulfonamides is 1. The van der Waals surface area contributed by atoms with Crippen LogP contribution in [0.15, 0.2) is 22.7 Å². The van der Waals surface area contributed by atoms with Crippen LogP contribution in [0.1, 0.15) is 17.9 Å². The lowest BCUT2D eigenvalue weighted by atomic mass is 10.1. The van der Waals surface area contributed by atoms with Gasteiger partial charge >= 0.3 is 12.1 Å². The molecule has 1 atom stereocenters. The summed E-state index contributed by atoms with van der Waals surface area (Å²) in [5, 5.41) is 3.10. The molecular weight excluding hydrogens is 437 g/mol. The lowest BCUT2D eigenvalue weighted by Crippen LogP contribution is -2.27. The monoisotopic (exact) mass is 447 g/mol. The van der Waals surface area contributed by atoms with E-state index in [0.717, 1.165) is 12.1 Å². The summed E-state index contributed by atoms with van der Waals surface area (Å²) in [6.45, 7) is -0.218. The maximum Gasteiger partial charge on any atom is 0.471 e. The Balaban J connectivity index is 1.67. The summed E-state index contributed by atoms with van der Waals surface area (Å²) >= 11 is 11.6. The highest BCUT2D eigenvalue weighted by atomic mass is 35.5. The first-order chi connectivity index (χ1) is 12.4. The standard InChI is InChI=1S/C14H11Cl2F4N3O3S/c15-13(16)4-8(13)6-27(24,25)21-5-7-1-2-9(10(17)3-7)11-22-12(26-23-11)14(18,19)20/h1-3,8,21H,4-6H2. The molecule has 27 heavy (non-hydrogen) atoms. The predicted molar refractivity (Wildman–Crippen MR) is 87.9 cm³/mol. The van der Waals surface area contributed by atoms with Gasteiger partial charge in [-0.1, -0.05) is 11.2 Å². The minimum atomic E-state index is -4.84. The lowest BCUT2D eigenvalue weighted by Gasteiger charge is -2.08. The fourth-order valence-electron chi connectivity index (χ4n) is 2.27. The van der Waals surface area contributed by atoms with Crippen molar-refractivity contribution in [1.29, 1.82) is 0 Å². The fraction of sp³-hybridized carbons (Fsp3) is 0.429. The molecule has 0 amide bonds. The lowest BCUT2D eigenvalue weighted by molar-refractivity contribution is -0.159. The third-order valence-electron chi connectivity index (χ3n) is 3.82. The summed E-state index contributed by atoms with van der Waals surface area (Å²) in [6.07, 6.45) is -4.48. The van der Waals surface area contributed by atoms with E-state index in [-0.39, 0.29) is 29.3 Å². The Morgan fingerprint density at radius 1 is 1.33 bits per heavy atom. The molecule has 148 valence electrons. The maximum atomic E-state index is 14.2. The normalized spacial score (nSPS) is 19.3. The quantitative estimate of drug-likeness (QED) is 0.540. The molecule has 3 rings (SSSR count). The van der Waals surface area contributed by atoms with Crippen molar-refractivity contribution in [3.05, 3.63) is 35.5 Å². The van der Waals surface area contributed by atoms with Crippen molar-refractivity contribution in [2.24, 2.45) is 5.92 Å². The average molecular weight is 448 g/mol. The molecule has 0 bridgehead atoms. The smallest absolute Gasteiger partial charge is 0.329 e. The number of nitrogens with zero attached hydrogens (tertiary/aromatic N) is 2. The van der Waals surface area contributed by atoms with E-state index in [4.69, 9.17) is 23.2 Å². The SMILES string of the molecule is O=S(=O)(CC1CC1(Cl)Cl)NCc1ccc(-c2noc(C(F)(F)F)n2)c(F)c1. The van der Waals surface area contributed by atoms with Crippen LogP contribution >= 0.6 is 23.2 Å².